The van der Waals surface area contributed by atoms with Gasteiger partial charge in [-0.05, 0) is 63.6 Å². The molecule has 1 aromatic carbocycles. The molecule has 0 saturated carbocycles. The quantitative estimate of drug-likeness (QED) is 0.799. The van der Waals surface area contributed by atoms with Crippen LogP contribution >= 0.6 is 0 Å². The van der Waals surface area contributed by atoms with Crippen molar-refractivity contribution in [3.63, 3.8) is 0 Å². The van der Waals surface area contributed by atoms with Crippen LogP contribution in [0.2, 0.25) is 0 Å². The van der Waals surface area contributed by atoms with Crippen LogP contribution in [0.3, 0.4) is 0 Å². The SMILES string of the molecule is CCN(CC)C(=O)c1cccc(NC(=O)CN2CCC[C@@H]2c2cccn2C)c1. The van der Waals surface area contributed by atoms with E-state index in [1.807, 2.05) is 45.3 Å². The zero-order valence-corrected chi connectivity index (χ0v) is 17.0. The summed E-state index contributed by atoms with van der Waals surface area (Å²) in [6.07, 6.45) is 4.21. The summed E-state index contributed by atoms with van der Waals surface area (Å²) in [4.78, 5) is 29.2. The number of anilines is 1. The molecule has 0 radical (unpaired) electrons. The van der Waals surface area contributed by atoms with Crippen LogP contribution in [0.5, 0.6) is 0 Å². The summed E-state index contributed by atoms with van der Waals surface area (Å²) in [6, 6.07) is 11.7. The molecule has 2 heterocycles. The zero-order valence-electron chi connectivity index (χ0n) is 17.0. The second-order valence-corrected chi connectivity index (χ2v) is 7.28. The smallest absolute Gasteiger partial charge is 0.253 e. The number of aryl methyl sites for hydroxylation is 1. The predicted molar refractivity (Wildman–Crippen MR) is 111 cm³/mol. The summed E-state index contributed by atoms with van der Waals surface area (Å²) in [6.45, 7) is 6.54. The summed E-state index contributed by atoms with van der Waals surface area (Å²) >= 11 is 0. The Balaban J connectivity index is 1.64. The normalized spacial score (nSPS) is 16.9. The van der Waals surface area contributed by atoms with E-state index >= 15 is 0 Å². The first-order chi connectivity index (χ1) is 13.5. The molecule has 0 aliphatic carbocycles. The van der Waals surface area contributed by atoms with Crippen LogP contribution in [0.4, 0.5) is 5.69 Å². The van der Waals surface area contributed by atoms with Gasteiger partial charge in [0.25, 0.3) is 5.91 Å². The van der Waals surface area contributed by atoms with Gasteiger partial charge in [-0.3, -0.25) is 14.5 Å². The molecule has 150 valence electrons. The van der Waals surface area contributed by atoms with E-state index in [2.05, 4.69) is 20.9 Å². The molecule has 1 aromatic heterocycles. The third-order valence-corrected chi connectivity index (χ3v) is 5.48. The molecular formula is C22H30N4O2. The molecular weight excluding hydrogens is 352 g/mol. The van der Waals surface area contributed by atoms with Crippen LogP contribution in [-0.2, 0) is 11.8 Å². The second kappa shape index (κ2) is 9.06. The van der Waals surface area contributed by atoms with E-state index in [0.717, 1.165) is 19.4 Å². The Bertz CT molecular complexity index is 825. The van der Waals surface area contributed by atoms with E-state index in [1.165, 1.54) is 5.69 Å². The number of aromatic nitrogens is 1. The molecule has 1 N–H and O–H groups in total. The Morgan fingerprint density at radius 2 is 1.96 bits per heavy atom. The Morgan fingerprint density at radius 3 is 2.64 bits per heavy atom. The standard InChI is InChI=1S/C22H30N4O2/c1-4-25(5-2)22(28)17-9-6-10-18(15-17)23-21(27)16-26-14-8-12-20(26)19-11-7-13-24(19)3/h6-7,9-11,13,15,20H,4-5,8,12,14,16H2,1-3H3,(H,23,27)/t20-/m1/s1. The van der Waals surface area contributed by atoms with Gasteiger partial charge in [0.15, 0.2) is 0 Å². The molecule has 28 heavy (non-hydrogen) atoms. The van der Waals surface area contributed by atoms with Crippen molar-refractivity contribution in [1.82, 2.24) is 14.4 Å². The molecule has 6 heteroatoms. The summed E-state index contributed by atoms with van der Waals surface area (Å²) in [5, 5.41) is 2.96. The number of hydrogen-bond donors (Lipinski definition) is 1. The molecule has 0 unspecified atom stereocenters. The van der Waals surface area contributed by atoms with Gasteiger partial charge in [0.1, 0.15) is 0 Å². The molecule has 6 nitrogen and oxygen atoms in total. The third-order valence-electron chi connectivity index (χ3n) is 5.48. The fourth-order valence-electron chi connectivity index (χ4n) is 3.98. The van der Waals surface area contributed by atoms with Gasteiger partial charge < -0.3 is 14.8 Å². The van der Waals surface area contributed by atoms with Crippen LogP contribution in [0.25, 0.3) is 0 Å². The van der Waals surface area contributed by atoms with Crippen molar-refractivity contribution in [3.8, 4) is 0 Å². The Labute approximate surface area is 167 Å². The van der Waals surface area contributed by atoms with Gasteiger partial charge in [-0.2, -0.15) is 0 Å². The second-order valence-electron chi connectivity index (χ2n) is 7.28. The molecule has 1 saturated heterocycles. The van der Waals surface area contributed by atoms with Gasteiger partial charge in [0.2, 0.25) is 5.91 Å². The number of likely N-dealkylation sites (tertiary alicyclic amines) is 1. The van der Waals surface area contributed by atoms with Crippen LogP contribution in [0, 0.1) is 0 Å². The lowest BCUT2D eigenvalue weighted by Crippen LogP contribution is -2.33. The lowest BCUT2D eigenvalue weighted by atomic mass is 10.1. The minimum Gasteiger partial charge on any atom is -0.353 e. The topological polar surface area (TPSA) is 57.6 Å². The highest BCUT2D eigenvalue weighted by Gasteiger charge is 2.29. The van der Waals surface area contributed by atoms with E-state index in [4.69, 9.17) is 0 Å². The molecule has 1 atom stereocenters. The fraction of sp³-hybridized carbons (Fsp3) is 0.455. The van der Waals surface area contributed by atoms with Crippen molar-refractivity contribution < 1.29 is 9.59 Å². The molecule has 1 fully saturated rings. The van der Waals surface area contributed by atoms with E-state index in [1.54, 1.807) is 17.0 Å². The molecule has 2 amide bonds. The van der Waals surface area contributed by atoms with Gasteiger partial charge in [0.05, 0.1) is 12.6 Å². The van der Waals surface area contributed by atoms with Crippen molar-refractivity contribution in [2.75, 3.05) is 31.5 Å². The molecule has 1 aliphatic heterocycles. The first kappa shape index (κ1) is 20.1. The zero-order chi connectivity index (χ0) is 20.1. The number of carbonyl (C=O) groups is 2. The monoisotopic (exact) mass is 382 g/mol. The Hall–Kier alpha value is -2.60. The minimum absolute atomic E-state index is 0.00980. The average Bonchev–Trinajstić information content (AvgIpc) is 3.31. The van der Waals surface area contributed by atoms with Gasteiger partial charge >= 0.3 is 0 Å². The summed E-state index contributed by atoms with van der Waals surface area (Å²) < 4.78 is 2.13. The number of amides is 2. The van der Waals surface area contributed by atoms with Crippen LogP contribution < -0.4 is 5.32 Å². The number of nitrogens with zero attached hydrogens (tertiary/aromatic N) is 3. The molecule has 3 rings (SSSR count). The van der Waals surface area contributed by atoms with Crippen molar-refractivity contribution in [1.29, 1.82) is 0 Å². The summed E-state index contributed by atoms with van der Waals surface area (Å²) in [7, 11) is 2.05. The van der Waals surface area contributed by atoms with Crippen molar-refractivity contribution in [2.24, 2.45) is 7.05 Å². The van der Waals surface area contributed by atoms with E-state index < -0.39 is 0 Å². The number of nitrogens with one attached hydrogen (secondary N) is 1. The fourth-order valence-corrected chi connectivity index (χ4v) is 3.98. The molecule has 2 aromatic rings. The van der Waals surface area contributed by atoms with E-state index in [-0.39, 0.29) is 17.9 Å². The number of carbonyl (C=O) groups excluding carboxylic acids is 2. The Kier molecular flexibility index (Phi) is 6.52. The molecule has 0 spiro atoms. The van der Waals surface area contributed by atoms with Crippen LogP contribution in [0.15, 0.2) is 42.6 Å². The van der Waals surface area contributed by atoms with Gasteiger partial charge in [-0.1, -0.05) is 6.07 Å². The third kappa shape index (κ3) is 4.44. The number of hydrogen-bond acceptors (Lipinski definition) is 3. The minimum atomic E-state index is -0.0476. The highest BCUT2D eigenvalue weighted by atomic mass is 16.2. The highest BCUT2D eigenvalue weighted by molar-refractivity contribution is 5.97. The van der Waals surface area contributed by atoms with E-state index in [0.29, 0.717) is 30.9 Å². The van der Waals surface area contributed by atoms with Crippen molar-refractivity contribution >= 4 is 17.5 Å². The maximum Gasteiger partial charge on any atom is 0.253 e. The van der Waals surface area contributed by atoms with Gasteiger partial charge in [-0.25, -0.2) is 0 Å². The first-order valence-electron chi connectivity index (χ1n) is 10.1. The summed E-state index contributed by atoms with van der Waals surface area (Å²) in [5.74, 6) is -0.0574. The maximum atomic E-state index is 12.6. The maximum absolute atomic E-state index is 12.6. The molecule has 1 aliphatic rings. The van der Waals surface area contributed by atoms with Gasteiger partial charge in [-0.15, -0.1) is 0 Å². The van der Waals surface area contributed by atoms with Crippen LogP contribution in [0.1, 0.15) is 48.8 Å². The lowest BCUT2D eigenvalue weighted by molar-refractivity contribution is -0.117. The highest BCUT2D eigenvalue weighted by Crippen LogP contribution is 2.31. The summed E-state index contributed by atoms with van der Waals surface area (Å²) in [5.41, 5.74) is 2.51. The molecule has 0 bridgehead atoms. The van der Waals surface area contributed by atoms with Crippen molar-refractivity contribution in [3.05, 3.63) is 53.9 Å². The largest absolute Gasteiger partial charge is 0.353 e. The number of rotatable bonds is 7. The van der Waals surface area contributed by atoms with Gasteiger partial charge in [0, 0.05) is 43.3 Å². The predicted octanol–water partition coefficient (Wildman–Crippen LogP) is 3.28. The number of benzene rings is 1. The average molecular weight is 383 g/mol. The van der Waals surface area contributed by atoms with Crippen LogP contribution in [-0.4, -0.2) is 52.4 Å². The Morgan fingerprint density at radius 1 is 1.18 bits per heavy atom. The lowest BCUT2D eigenvalue weighted by Gasteiger charge is -2.24. The van der Waals surface area contributed by atoms with E-state index in [9.17, 15) is 9.59 Å². The van der Waals surface area contributed by atoms with Crippen molar-refractivity contribution in [2.45, 2.75) is 32.7 Å². The first-order valence-corrected chi connectivity index (χ1v) is 10.1.